The first-order valence-corrected chi connectivity index (χ1v) is 6.53. The number of aliphatic hydroxyl groups is 1. The predicted molar refractivity (Wildman–Crippen MR) is 75.3 cm³/mol. The van der Waals surface area contributed by atoms with Gasteiger partial charge in [-0.25, -0.2) is 0 Å². The molecule has 0 spiro atoms. The van der Waals surface area contributed by atoms with Crippen molar-refractivity contribution < 1.29 is 9.84 Å². The fraction of sp³-hybridized carbons (Fsp3) is 0.571. The summed E-state index contributed by atoms with van der Waals surface area (Å²) in [6.45, 7) is 7.81. The van der Waals surface area contributed by atoms with Gasteiger partial charge in [0.15, 0.2) is 0 Å². The third-order valence-electron chi connectivity index (χ3n) is 2.79. The van der Waals surface area contributed by atoms with Crippen molar-refractivity contribution >= 4 is 11.6 Å². The average Bonchev–Trinajstić information content (AvgIpc) is 2.30. The number of para-hydroxylation sites is 1. The topological polar surface area (TPSA) is 32.7 Å². The zero-order valence-corrected chi connectivity index (χ0v) is 12.3. The molecule has 0 aromatic heterocycles. The standard InChI is InChI=1S/C14H22ClNO2/c1-5-16(4)10-14(2,3)18-13-11(9-17)7-6-8-12(13)15/h6-8,17H,5,9-10H2,1-4H3. The van der Waals surface area contributed by atoms with E-state index in [-0.39, 0.29) is 12.2 Å². The second kappa shape index (κ2) is 6.41. The zero-order chi connectivity index (χ0) is 13.8. The maximum Gasteiger partial charge on any atom is 0.144 e. The van der Waals surface area contributed by atoms with Crippen molar-refractivity contribution in [1.29, 1.82) is 0 Å². The van der Waals surface area contributed by atoms with E-state index in [1.807, 2.05) is 33.0 Å². The first-order valence-electron chi connectivity index (χ1n) is 6.15. The van der Waals surface area contributed by atoms with Crippen LogP contribution in [0, 0.1) is 0 Å². The fourth-order valence-electron chi connectivity index (χ4n) is 1.86. The molecule has 0 saturated carbocycles. The van der Waals surface area contributed by atoms with Gasteiger partial charge in [0.1, 0.15) is 11.4 Å². The van der Waals surface area contributed by atoms with Crippen LogP contribution in [0.15, 0.2) is 18.2 Å². The number of nitrogens with zero attached hydrogens (tertiary/aromatic N) is 1. The number of aliphatic hydroxyl groups excluding tert-OH is 1. The molecule has 0 unspecified atom stereocenters. The van der Waals surface area contributed by atoms with E-state index in [0.717, 1.165) is 18.7 Å². The van der Waals surface area contributed by atoms with E-state index in [0.29, 0.717) is 10.8 Å². The van der Waals surface area contributed by atoms with Crippen LogP contribution >= 0.6 is 11.6 Å². The van der Waals surface area contributed by atoms with Crippen molar-refractivity contribution in [1.82, 2.24) is 4.90 Å². The van der Waals surface area contributed by atoms with Crippen LogP contribution in [-0.2, 0) is 6.61 Å². The first-order chi connectivity index (χ1) is 8.39. The maximum atomic E-state index is 9.32. The fourth-order valence-corrected chi connectivity index (χ4v) is 2.10. The smallest absolute Gasteiger partial charge is 0.144 e. The van der Waals surface area contributed by atoms with E-state index in [9.17, 15) is 5.11 Å². The van der Waals surface area contributed by atoms with Gasteiger partial charge in [0.05, 0.1) is 11.6 Å². The Labute approximate surface area is 114 Å². The summed E-state index contributed by atoms with van der Waals surface area (Å²) in [4.78, 5) is 2.18. The Hall–Kier alpha value is -0.770. The monoisotopic (exact) mass is 271 g/mol. The van der Waals surface area contributed by atoms with E-state index in [1.165, 1.54) is 0 Å². The van der Waals surface area contributed by atoms with Crippen molar-refractivity contribution in [3.63, 3.8) is 0 Å². The molecule has 0 bridgehead atoms. The average molecular weight is 272 g/mol. The minimum absolute atomic E-state index is 0.0738. The molecule has 18 heavy (non-hydrogen) atoms. The van der Waals surface area contributed by atoms with Crippen LogP contribution < -0.4 is 4.74 Å². The molecule has 0 aliphatic carbocycles. The SMILES string of the molecule is CCN(C)CC(C)(C)Oc1c(Cl)cccc1CO. The van der Waals surface area contributed by atoms with Crippen molar-refractivity contribution in [3.8, 4) is 5.75 Å². The molecular formula is C14H22ClNO2. The van der Waals surface area contributed by atoms with Gasteiger partial charge in [-0.2, -0.15) is 0 Å². The highest BCUT2D eigenvalue weighted by molar-refractivity contribution is 6.32. The van der Waals surface area contributed by atoms with Gasteiger partial charge in [0.2, 0.25) is 0 Å². The number of likely N-dealkylation sites (N-methyl/N-ethyl adjacent to an activating group) is 1. The Morgan fingerprint density at radius 2 is 2.06 bits per heavy atom. The lowest BCUT2D eigenvalue weighted by molar-refractivity contribution is 0.0686. The van der Waals surface area contributed by atoms with Crippen molar-refractivity contribution in [2.24, 2.45) is 0 Å². The van der Waals surface area contributed by atoms with Gasteiger partial charge in [-0.05, 0) is 33.5 Å². The zero-order valence-electron chi connectivity index (χ0n) is 11.5. The molecule has 1 aromatic carbocycles. The second-order valence-corrected chi connectivity index (χ2v) is 5.49. The third kappa shape index (κ3) is 4.16. The summed E-state index contributed by atoms with van der Waals surface area (Å²) < 4.78 is 5.99. The summed E-state index contributed by atoms with van der Waals surface area (Å²) >= 11 is 6.13. The maximum absolute atomic E-state index is 9.32. The predicted octanol–water partition coefficient (Wildman–Crippen LogP) is 2.94. The van der Waals surface area contributed by atoms with Crippen molar-refractivity contribution in [3.05, 3.63) is 28.8 Å². The molecule has 0 aliphatic rings. The molecular weight excluding hydrogens is 250 g/mol. The number of halogens is 1. The van der Waals surface area contributed by atoms with Crippen LogP contribution in [0.25, 0.3) is 0 Å². The summed E-state index contributed by atoms with van der Waals surface area (Å²) in [5, 5.41) is 9.85. The van der Waals surface area contributed by atoms with E-state index >= 15 is 0 Å². The van der Waals surface area contributed by atoms with E-state index in [2.05, 4.69) is 11.8 Å². The molecule has 0 radical (unpaired) electrons. The third-order valence-corrected chi connectivity index (χ3v) is 3.09. The van der Waals surface area contributed by atoms with Gasteiger partial charge in [0, 0.05) is 12.1 Å². The van der Waals surface area contributed by atoms with E-state index in [4.69, 9.17) is 16.3 Å². The molecule has 0 heterocycles. The Balaban J connectivity index is 2.89. The first kappa shape index (κ1) is 15.3. The lowest BCUT2D eigenvalue weighted by Gasteiger charge is -2.31. The minimum Gasteiger partial charge on any atom is -0.485 e. The number of rotatable bonds is 6. The Kier molecular flexibility index (Phi) is 5.45. The number of benzene rings is 1. The Bertz CT molecular complexity index is 393. The lowest BCUT2D eigenvalue weighted by atomic mass is 10.1. The quantitative estimate of drug-likeness (QED) is 0.864. The van der Waals surface area contributed by atoms with Gasteiger partial charge < -0.3 is 14.7 Å². The summed E-state index contributed by atoms with van der Waals surface area (Å²) in [6.07, 6.45) is 0. The summed E-state index contributed by atoms with van der Waals surface area (Å²) in [7, 11) is 2.05. The lowest BCUT2D eigenvalue weighted by Crippen LogP contribution is -2.41. The highest BCUT2D eigenvalue weighted by Gasteiger charge is 2.24. The molecule has 1 N–H and O–H groups in total. The normalized spacial score (nSPS) is 11.9. The van der Waals surface area contributed by atoms with Gasteiger partial charge in [-0.1, -0.05) is 30.7 Å². The molecule has 1 rings (SSSR count). The Morgan fingerprint density at radius 1 is 1.39 bits per heavy atom. The number of hydrogen-bond acceptors (Lipinski definition) is 3. The van der Waals surface area contributed by atoms with Gasteiger partial charge >= 0.3 is 0 Å². The molecule has 0 saturated heterocycles. The largest absolute Gasteiger partial charge is 0.485 e. The van der Waals surface area contributed by atoms with Crippen LogP contribution in [0.3, 0.4) is 0 Å². The van der Waals surface area contributed by atoms with Gasteiger partial charge in [0.25, 0.3) is 0 Å². The highest BCUT2D eigenvalue weighted by atomic mass is 35.5. The van der Waals surface area contributed by atoms with Crippen LogP contribution in [0.1, 0.15) is 26.3 Å². The molecule has 3 nitrogen and oxygen atoms in total. The summed E-state index contributed by atoms with van der Waals surface area (Å²) in [5.41, 5.74) is 0.356. The minimum atomic E-state index is -0.361. The van der Waals surface area contributed by atoms with Crippen LogP contribution in [0.2, 0.25) is 5.02 Å². The molecule has 102 valence electrons. The van der Waals surface area contributed by atoms with Crippen LogP contribution in [-0.4, -0.2) is 35.7 Å². The molecule has 4 heteroatoms. The van der Waals surface area contributed by atoms with E-state index < -0.39 is 0 Å². The summed E-state index contributed by atoms with van der Waals surface area (Å²) in [6, 6.07) is 5.41. The van der Waals surface area contributed by atoms with Gasteiger partial charge in [-0.3, -0.25) is 0 Å². The molecule has 0 atom stereocenters. The molecule has 1 aromatic rings. The van der Waals surface area contributed by atoms with Crippen molar-refractivity contribution in [2.75, 3.05) is 20.1 Å². The Morgan fingerprint density at radius 3 is 2.61 bits per heavy atom. The molecule has 0 amide bonds. The second-order valence-electron chi connectivity index (χ2n) is 5.08. The van der Waals surface area contributed by atoms with Crippen molar-refractivity contribution in [2.45, 2.75) is 33.0 Å². The molecule has 0 aliphatic heterocycles. The number of ether oxygens (including phenoxy) is 1. The van der Waals surface area contributed by atoms with Gasteiger partial charge in [-0.15, -0.1) is 0 Å². The van der Waals surface area contributed by atoms with Crippen LogP contribution in [0.5, 0.6) is 5.75 Å². The van der Waals surface area contributed by atoms with E-state index in [1.54, 1.807) is 6.07 Å². The summed E-state index contributed by atoms with van der Waals surface area (Å²) in [5.74, 6) is 0.580. The van der Waals surface area contributed by atoms with Crippen LogP contribution in [0.4, 0.5) is 0 Å². The molecule has 0 fully saturated rings. The highest BCUT2D eigenvalue weighted by Crippen LogP contribution is 2.32. The number of hydrogen-bond donors (Lipinski definition) is 1.